The lowest BCUT2D eigenvalue weighted by Crippen LogP contribution is -2.51. The van der Waals surface area contributed by atoms with Gasteiger partial charge in [-0.3, -0.25) is 23.6 Å². The Hall–Kier alpha value is -3.45. The summed E-state index contributed by atoms with van der Waals surface area (Å²) in [5.41, 5.74) is 1.58. The molecule has 1 aromatic heterocycles. The van der Waals surface area contributed by atoms with Gasteiger partial charge in [0.2, 0.25) is 0 Å². The number of hydrogen-bond donors (Lipinski definition) is 0. The third kappa shape index (κ3) is 4.09. The monoisotopic (exact) mass is 418 g/mol. The van der Waals surface area contributed by atoms with Crippen LogP contribution in [0.15, 0.2) is 76.3 Å². The van der Waals surface area contributed by atoms with Crippen molar-refractivity contribution in [1.82, 2.24) is 18.9 Å². The third-order valence-corrected chi connectivity index (χ3v) is 5.94. The minimum absolute atomic E-state index is 0.105. The van der Waals surface area contributed by atoms with Gasteiger partial charge in [-0.15, -0.1) is 0 Å². The molecule has 160 valence electrons. The molecule has 1 saturated heterocycles. The molecule has 7 nitrogen and oxygen atoms in total. The minimum Gasteiger partial charge on any atom is -0.335 e. The van der Waals surface area contributed by atoms with E-state index in [1.807, 2.05) is 36.4 Å². The quantitative estimate of drug-likeness (QED) is 0.646. The van der Waals surface area contributed by atoms with Crippen molar-refractivity contribution in [3.63, 3.8) is 0 Å². The number of carbonyl (C=O) groups excluding carboxylic acids is 1. The lowest BCUT2D eigenvalue weighted by molar-refractivity contribution is 0.0586. The predicted molar refractivity (Wildman–Crippen MR) is 119 cm³/mol. The summed E-state index contributed by atoms with van der Waals surface area (Å²) in [5, 5.41) is 0. The lowest BCUT2D eigenvalue weighted by Gasteiger charge is -2.39. The molecule has 1 aliphatic heterocycles. The van der Waals surface area contributed by atoms with E-state index in [9.17, 15) is 14.4 Å². The first-order valence-corrected chi connectivity index (χ1v) is 10.4. The smallest absolute Gasteiger partial charge is 0.331 e. The fourth-order valence-corrected chi connectivity index (χ4v) is 4.17. The molecule has 2 heterocycles. The summed E-state index contributed by atoms with van der Waals surface area (Å²) >= 11 is 0. The molecule has 4 rings (SSSR count). The van der Waals surface area contributed by atoms with Gasteiger partial charge in [0.05, 0.1) is 6.04 Å². The molecular weight excluding hydrogens is 392 g/mol. The molecule has 1 aliphatic rings. The lowest BCUT2D eigenvalue weighted by atomic mass is 9.96. The molecule has 0 N–H and O–H groups in total. The molecule has 0 spiro atoms. The molecule has 1 amide bonds. The van der Waals surface area contributed by atoms with Crippen molar-refractivity contribution in [3.8, 4) is 0 Å². The maximum absolute atomic E-state index is 13.1. The van der Waals surface area contributed by atoms with Gasteiger partial charge < -0.3 is 4.90 Å². The van der Waals surface area contributed by atoms with Gasteiger partial charge in [0.25, 0.3) is 11.5 Å². The van der Waals surface area contributed by atoms with E-state index in [0.29, 0.717) is 26.2 Å². The number of nitrogens with zero attached hydrogens (tertiary/aromatic N) is 4. The van der Waals surface area contributed by atoms with Crippen molar-refractivity contribution in [2.45, 2.75) is 6.04 Å². The molecule has 0 aliphatic carbocycles. The summed E-state index contributed by atoms with van der Waals surface area (Å²) < 4.78 is 2.24. The zero-order chi connectivity index (χ0) is 22.0. The Bertz CT molecular complexity index is 1140. The second-order valence-corrected chi connectivity index (χ2v) is 7.82. The summed E-state index contributed by atoms with van der Waals surface area (Å²) in [4.78, 5) is 41.4. The van der Waals surface area contributed by atoms with Gasteiger partial charge in [-0.1, -0.05) is 60.7 Å². The molecule has 2 aromatic carbocycles. The fraction of sp³-hybridized carbons (Fsp3) is 0.292. The second kappa shape index (κ2) is 8.73. The Morgan fingerprint density at radius 1 is 0.774 bits per heavy atom. The number of rotatable bonds is 4. The molecule has 0 saturated carbocycles. The molecule has 0 radical (unpaired) electrons. The van der Waals surface area contributed by atoms with Crippen LogP contribution in [0.25, 0.3) is 0 Å². The maximum Gasteiger partial charge on any atom is 0.331 e. The van der Waals surface area contributed by atoms with Crippen molar-refractivity contribution in [2.24, 2.45) is 14.1 Å². The number of piperazine rings is 1. The topological polar surface area (TPSA) is 67.6 Å². The summed E-state index contributed by atoms with van der Waals surface area (Å²) in [6.07, 6.45) is 0. The van der Waals surface area contributed by atoms with Crippen LogP contribution in [0.1, 0.15) is 27.7 Å². The molecule has 0 atom stereocenters. The van der Waals surface area contributed by atoms with Crippen molar-refractivity contribution >= 4 is 5.91 Å². The van der Waals surface area contributed by atoms with Gasteiger partial charge >= 0.3 is 5.69 Å². The van der Waals surface area contributed by atoms with E-state index in [4.69, 9.17) is 0 Å². The van der Waals surface area contributed by atoms with Gasteiger partial charge in [0, 0.05) is 46.3 Å². The highest BCUT2D eigenvalue weighted by atomic mass is 16.2. The van der Waals surface area contributed by atoms with Crippen LogP contribution in [-0.4, -0.2) is 51.0 Å². The van der Waals surface area contributed by atoms with Crippen LogP contribution in [0.3, 0.4) is 0 Å². The van der Waals surface area contributed by atoms with Crippen LogP contribution in [0, 0.1) is 0 Å². The summed E-state index contributed by atoms with van der Waals surface area (Å²) in [6, 6.07) is 22.1. The molecule has 31 heavy (non-hydrogen) atoms. The van der Waals surface area contributed by atoms with E-state index in [2.05, 4.69) is 29.2 Å². The average molecular weight is 418 g/mol. The van der Waals surface area contributed by atoms with Crippen molar-refractivity contribution in [2.75, 3.05) is 26.2 Å². The maximum atomic E-state index is 13.1. The van der Waals surface area contributed by atoms with Crippen LogP contribution >= 0.6 is 0 Å². The number of hydrogen-bond acceptors (Lipinski definition) is 4. The Morgan fingerprint density at radius 2 is 1.29 bits per heavy atom. The first kappa shape index (κ1) is 20.8. The van der Waals surface area contributed by atoms with Gasteiger partial charge in [-0.25, -0.2) is 4.79 Å². The summed E-state index contributed by atoms with van der Waals surface area (Å²) in [5.74, 6) is -0.284. The van der Waals surface area contributed by atoms with Crippen LogP contribution < -0.4 is 11.2 Å². The Labute approximate surface area is 180 Å². The van der Waals surface area contributed by atoms with Crippen LogP contribution in [0.5, 0.6) is 0 Å². The standard InChI is InChI=1S/C24H26N4O3/c1-25-20(17-21(29)26(2)24(25)31)23(30)28-15-13-27(14-16-28)22(18-9-5-3-6-10-18)19-11-7-4-8-12-19/h3-12,17,22H,13-16H2,1-2H3. The molecule has 0 bridgehead atoms. The number of amides is 1. The highest BCUT2D eigenvalue weighted by Gasteiger charge is 2.29. The van der Waals surface area contributed by atoms with E-state index in [1.165, 1.54) is 35.9 Å². The van der Waals surface area contributed by atoms with Gasteiger partial charge in [0.15, 0.2) is 0 Å². The zero-order valence-corrected chi connectivity index (χ0v) is 17.8. The van der Waals surface area contributed by atoms with Crippen LogP contribution in [0.4, 0.5) is 0 Å². The minimum atomic E-state index is -0.497. The first-order chi connectivity index (χ1) is 15.0. The first-order valence-electron chi connectivity index (χ1n) is 10.4. The van der Waals surface area contributed by atoms with E-state index >= 15 is 0 Å². The van der Waals surface area contributed by atoms with E-state index < -0.39 is 11.2 Å². The van der Waals surface area contributed by atoms with Crippen molar-refractivity contribution in [3.05, 3.63) is 104 Å². The van der Waals surface area contributed by atoms with Gasteiger partial charge in [-0.2, -0.15) is 0 Å². The fourth-order valence-electron chi connectivity index (χ4n) is 4.17. The Balaban J connectivity index is 1.55. The molecular formula is C24H26N4O3. The average Bonchev–Trinajstić information content (AvgIpc) is 2.82. The highest BCUT2D eigenvalue weighted by molar-refractivity contribution is 5.92. The van der Waals surface area contributed by atoms with Crippen molar-refractivity contribution < 1.29 is 4.79 Å². The summed E-state index contributed by atoms with van der Waals surface area (Å²) in [6.45, 7) is 2.44. The molecule has 1 fully saturated rings. The molecule has 3 aromatic rings. The molecule has 0 unspecified atom stereocenters. The normalized spacial score (nSPS) is 14.7. The van der Waals surface area contributed by atoms with Gasteiger partial charge in [-0.05, 0) is 11.1 Å². The predicted octanol–water partition coefficient (Wildman–Crippen LogP) is 1.63. The SMILES string of the molecule is Cn1c(C(=O)N2CCN(C(c3ccccc3)c3ccccc3)CC2)cc(=O)n(C)c1=O. The Morgan fingerprint density at radius 3 is 1.81 bits per heavy atom. The third-order valence-electron chi connectivity index (χ3n) is 5.94. The number of aromatic nitrogens is 2. The summed E-state index contributed by atoms with van der Waals surface area (Å²) in [7, 11) is 2.93. The van der Waals surface area contributed by atoms with Crippen LogP contribution in [0.2, 0.25) is 0 Å². The van der Waals surface area contributed by atoms with Gasteiger partial charge in [0.1, 0.15) is 5.69 Å². The highest BCUT2D eigenvalue weighted by Crippen LogP contribution is 2.29. The van der Waals surface area contributed by atoms with Crippen molar-refractivity contribution in [1.29, 1.82) is 0 Å². The van der Waals surface area contributed by atoms with E-state index in [1.54, 1.807) is 4.90 Å². The largest absolute Gasteiger partial charge is 0.335 e. The second-order valence-electron chi connectivity index (χ2n) is 7.82. The number of benzene rings is 2. The van der Waals surface area contributed by atoms with E-state index in [0.717, 1.165) is 4.57 Å². The Kier molecular flexibility index (Phi) is 5.86. The molecule has 7 heteroatoms. The van der Waals surface area contributed by atoms with Crippen LogP contribution in [-0.2, 0) is 14.1 Å². The number of carbonyl (C=O) groups is 1. The van der Waals surface area contributed by atoms with E-state index in [-0.39, 0.29) is 17.6 Å². The zero-order valence-electron chi connectivity index (χ0n) is 17.8.